The summed E-state index contributed by atoms with van der Waals surface area (Å²) < 4.78 is 13.9. The first-order valence-corrected chi connectivity index (χ1v) is 8.40. The van der Waals surface area contributed by atoms with Gasteiger partial charge in [-0.25, -0.2) is 9.37 Å². The highest BCUT2D eigenvalue weighted by Gasteiger charge is 2.22. The van der Waals surface area contributed by atoms with Crippen LogP contribution in [0.25, 0.3) is 11.0 Å². The lowest BCUT2D eigenvalue weighted by atomic mass is 10.1. The lowest BCUT2D eigenvalue weighted by Gasteiger charge is -2.36. The zero-order valence-electron chi connectivity index (χ0n) is 13.8. The number of benzene rings is 2. The molecule has 1 N–H and O–H groups in total. The molecule has 0 spiro atoms. The SMILES string of the molecule is O=C(Cc1ccc2nc[nH]c2c1)N1CCN(c2ccccc2F)CC1. The van der Waals surface area contributed by atoms with Crippen LogP contribution in [0.15, 0.2) is 48.8 Å². The first kappa shape index (κ1) is 15.6. The second kappa shape index (κ2) is 6.55. The van der Waals surface area contributed by atoms with Gasteiger partial charge in [-0.3, -0.25) is 4.79 Å². The summed E-state index contributed by atoms with van der Waals surface area (Å²) >= 11 is 0. The highest BCUT2D eigenvalue weighted by Crippen LogP contribution is 2.20. The number of aromatic nitrogens is 2. The quantitative estimate of drug-likeness (QED) is 0.799. The van der Waals surface area contributed by atoms with Gasteiger partial charge >= 0.3 is 0 Å². The molecule has 0 bridgehead atoms. The Morgan fingerprint density at radius 2 is 1.92 bits per heavy atom. The highest BCUT2D eigenvalue weighted by molar-refractivity contribution is 5.81. The number of rotatable bonds is 3. The molecule has 4 rings (SSSR count). The van der Waals surface area contributed by atoms with E-state index in [1.54, 1.807) is 18.5 Å². The predicted molar refractivity (Wildman–Crippen MR) is 95.0 cm³/mol. The number of anilines is 1. The molecule has 1 aliphatic rings. The monoisotopic (exact) mass is 338 g/mol. The van der Waals surface area contributed by atoms with Gasteiger partial charge in [0.1, 0.15) is 5.82 Å². The third-order valence-corrected chi connectivity index (χ3v) is 4.67. The molecule has 1 amide bonds. The number of carbonyl (C=O) groups excluding carboxylic acids is 1. The fraction of sp³-hybridized carbons (Fsp3) is 0.263. The number of piperazine rings is 1. The van der Waals surface area contributed by atoms with Gasteiger partial charge in [0.25, 0.3) is 0 Å². The maximum Gasteiger partial charge on any atom is 0.227 e. The molecule has 5 nitrogen and oxygen atoms in total. The van der Waals surface area contributed by atoms with E-state index in [1.165, 1.54) is 6.07 Å². The number of aromatic amines is 1. The highest BCUT2D eigenvalue weighted by atomic mass is 19.1. The van der Waals surface area contributed by atoms with E-state index in [9.17, 15) is 9.18 Å². The van der Waals surface area contributed by atoms with Crippen molar-refractivity contribution in [1.82, 2.24) is 14.9 Å². The van der Waals surface area contributed by atoms with E-state index in [1.807, 2.05) is 34.1 Å². The van der Waals surface area contributed by atoms with Crippen LogP contribution in [0.4, 0.5) is 10.1 Å². The summed E-state index contributed by atoms with van der Waals surface area (Å²) in [5, 5.41) is 0. The molecule has 1 aliphatic heterocycles. The van der Waals surface area contributed by atoms with Crippen molar-refractivity contribution in [2.75, 3.05) is 31.1 Å². The largest absolute Gasteiger partial charge is 0.366 e. The van der Waals surface area contributed by atoms with Gasteiger partial charge in [-0.15, -0.1) is 0 Å². The summed E-state index contributed by atoms with van der Waals surface area (Å²) in [6.45, 7) is 2.51. The van der Waals surface area contributed by atoms with Gasteiger partial charge < -0.3 is 14.8 Å². The second-order valence-corrected chi connectivity index (χ2v) is 6.25. The molecule has 0 atom stereocenters. The van der Waals surface area contributed by atoms with Crippen molar-refractivity contribution in [2.24, 2.45) is 0 Å². The van der Waals surface area contributed by atoms with Crippen LogP contribution in [0.3, 0.4) is 0 Å². The number of fused-ring (bicyclic) bond motifs is 1. The first-order chi connectivity index (χ1) is 12.2. The zero-order chi connectivity index (χ0) is 17.2. The van der Waals surface area contributed by atoms with Crippen molar-refractivity contribution >= 4 is 22.6 Å². The maximum atomic E-state index is 13.9. The van der Waals surface area contributed by atoms with E-state index in [0.29, 0.717) is 38.3 Å². The lowest BCUT2D eigenvalue weighted by Crippen LogP contribution is -2.49. The average molecular weight is 338 g/mol. The average Bonchev–Trinajstić information content (AvgIpc) is 3.10. The molecule has 2 aromatic carbocycles. The maximum absolute atomic E-state index is 13.9. The zero-order valence-corrected chi connectivity index (χ0v) is 13.8. The molecule has 0 saturated carbocycles. The Bertz CT molecular complexity index is 899. The van der Waals surface area contributed by atoms with Crippen molar-refractivity contribution in [3.63, 3.8) is 0 Å². The Balaban J connectivity index is 1.38. The van der Waals surface area contributed by atoms with Gasteiger partial charge in [0, 0.05) is 26.2 Å². The third-order valence-electron chi connectivity index (χ3n) is 4.67. The van der Waals surface area contributed by atoms with E-state index >= 15 is 0 Å². The van der Waals surface area contributed by atoms with Gasteiger partial charge in [-0.05, 0) is 29.8 Å². The minimum atomic E-state index is -0.213. The molecule has 0 aliphatic carbocycles. The van der Waals surface area contributed by atoms with E-state index in [0.717, 1.165) is 16.6 Å². The minimum Gasteiger partial charge on any atom is -0.366 e. The third kappa shape index (κ3) is 3.20. The van der Waals surface area contributed by atoms with Crippen LogP contribution in [0.5, 0.6) is 0 Å². The Labute approximate surface area is 145 Å². The van der Waals surface area contributed by atoms with Gasteiger partial charge in [0.2, 0.25) is 5.91 Å². The van der Waals surface area contributed by atoms with Crippen LogP contribution in [-0.4, -0.2) is 47.0 Å². The van der Waals surface area contributed by atoms with Crippen LogP contribution in [0.2, 0.25) is 0 Å². The van der Waals surface area contributed by atoms with Gasteiger partial charge in [0.15, 0.2) is 0 Å². The number of hydrogen-bond acceptors (Lipinski definition) is 3. The summed E-state index contributed by atoms with van der Waals surface area (Å²) in [6, 6.07) is 12.6. The molecule has 3 aromatic rings. The van der Waals surface area contributed by atoms with E-state index < -0.39 is 0 Å². The normalized spacial score (nSPS) is 14.9. The predicted octanol–water partition coefficient (Wildman–Crippen LogP) is 2.59. The Morgan fingerprint density at radius 3 is 2.72 bits per heavy atom. The lowest BCUT2D eigenvalue weighted by molar-refractivity contribution is -0.130. The molecule has 0 unspecified atom stereocenters. The Morgan fingerprint density at radius 1 is 1.12 bits per heavy atom. The van der Waals surface area contributed by atoms with Crippen LogP contribution < -0.4 is 4.90 Å². The first-order valence-electron chi connectivity index (χ1n) is 8.40. The molecule has 0 radical (unpaired) electrons. The number of para-hydroxylation sites is 1. The summed E-state index contributed by atoms with van der Waals surface area (Å²) in [5.74, 6) is -0.109. The van der Waals surface area contributed by atoms with E-state index in [2.05, 4.69) is 9.97 Å². The summed E-state index contributed by atoms with van der Waals surface area (Å²) in [7, 11) is 0. The van der Waals surface area contributed by atoms with Gasteiger partial charge in [0.05, 0.1) is 29.5 Å². The molecule has 1 fully saturated rings. The number of halogens is 1. The fourth-order valence-corrected chi connectivity index (χ4v) is 3.28. The van der Waals surface area contributed by atoms with Crippen molar-refractivity contribution in [3.05, 3.63) is 60.2 Å². The molecular formula is C19H19FN4O. The van der Waals surface area contributed by atoms with Crippen LogP contribution in [-0.2, 0) is 11.2 Å². The van der Waals surface area contributed by atoms with Crippen LogP contribution in [0.1, 0.15) is 5.56 Å². The number of hydrogen-bond donors (Lipinski definition) is 1. The summed E-state index contributed by atoms with van der Waals surface area (Å²) in [5.41, 5.74) is 3.42. The number of H-pyrrole nitrogens is 1. The fourth-order valence-electron chi connectivity index (χ4n) is 3.28. The van der Waals surface area contributed by atoms with Crippen LogP contribution >= 0.6 is 0 Å². The van der Waals surface area contributed by atoms with Crippen molar-refractivity contribution in [2.45, 2.75) is 6.42 Å². The number of carbonyl (C=O) groups is 1. The van der Waals surface area contributed by atoms with Crippen molar-refractivity contribution in [1.29, 1.82) is 0 Å². The number of imidazole rings is 1. The molecule has 1 saturated heterocycles. The second-order valence-electron chi connectivity index (χ2n) is 6.25. The number of amides is 1. The van der Waals surface area contributed by atoms with Gasteiger partial charge in [-0.2, -0.15) is 0 Å². The molecule has 128 valence electrons. The molecule has 6 heteroatoms. The summed E-state index contributed by atoms with van der Waals surface area (Å²) in [4.78, 5) is 23.7. The van der Waals surface area contributed by atoms with Crippen LogP contribution in [0, 0.1) is 5.82 Å². The van der Waals surface area contributed by atoms with Gasteiger partial charge in [-0.1, -0.05) is 18.2 Å². The van der Waals surface area contributed by atoms with E-state index in [4.69, 9.17) is 0 Å². The van der Waals surface area contributed by atoms with Crippen molar-refractivity contribution in [3.8, 4) is 0 Å². The molecule has 2 heterocycles. The topological polar surface area (TPSA) is 52.2 Å². The minimum absolute atomic E-state index is 0.104. The van der Waals surface area contributed by atoms with E-state index in [-0.39, 0.29) is 11.7 Å². The standard InChI is InChI=1S/C19H19FN4O/c20-15-3-1-2-4-18(15)23-7-9-24(10-8-23)19(25)12-14-5-6-16-17(11-14)22-13-21-16/h1-6,11,13H,7-10,12H2,(H,21,22). The summed E-state index contributed by atoms with van der Waals surface area (Å²) in [6.07, 6.45) is 2.02. The number of nitrogens with one attached hydrogen (secondary N) is 1. The molecule has 1 aromatic heterocycles. The number of nitrogens with zero attached hydrogens (tertiary/aromatic N) is 3. The Hall–Kier alpha value is -2.89. The molecular weight excluding hydrogens is 319 g/mol. The smallest absolute Gasteiger partial charge is 0.227 e. The molecule has 25 heavy (non-hydrogen) atoms. The Kier molecular flexibility index (Phi) is 4.09. The van der Waals surface area contributed by atoms with Crippen molar-refractivity contribution < 1.29 is 9.18 Å².